The first-order chi connectivity index (χ1) is 9.99. The van der Waals surface area contributed by atoms with Crippen molar-refractivity contribution in [1.29, 1.82) is 0 Å². The van der Waals surface area contributed by atoms with Crippen LogP contribution in [0.15, 0.2) is 36.7 Å². The number of halogens is 3. The average molecular weight is 299 g/mol. The zero-order chi connectivity index (χ0) is 15.3. The van der Waals surface area contributed by atoms with Crippen LogP contribution in [-0.4, -0.2) is 23.4 Å². The molecule has 0 saturated heterocycles. The summed E-state index contributed by atoms with van der Waals surface area (Å²) in [5.74, 6) is 0.554. The molecule has 7 heteroatoms. The summed E-state index contributed by atoms with van der Waals surface area (Å²) >= 11 is 0. The van der Waals surface area contributed by atoms with Crippen molar-refractivity contribution < 1.29 is 17.9 Å². The number of ether oxygens (including phenoxy) is 1. The Bertz CT molecular complexity index is 581. The van der Waals surface area contributed by atoms with E-state index in [4.69, 9.17) is 4.74 Å². The third-order valence-electron chi connectivity index (χ3n) is 2.82. The molecule has 21 heavy (non-hydrogen) atoms. The molecular weight excluding hydrogens is 283 g/mol. The Morgan fingerprint density at radius 2 is 2.10 bits per heavy atom. The minimum Gasteiger partial charge on any atom is -0.454 e. The molecule has 0 amide bonds. The smallest absolute Gasteiger partial charge is 0.416 e. The first kappa shape index (κ1) is 15.4. The van der Waals surface area contributed by atoms with Gasteiger partial charge in [0, 0.05) is 6.54 Å². The first-order valence-electron chi connectivity index (χ1n) is 6.51. The molecule has 1 heterocycles. The minimum absolute atomic E-state index is 0.139. The van der Waals surface area contributed by atoms with Crippen LogP contribution >= 0.6 is 0 Å². The normalized spacial score (nSPS) is 11.6. The number of alkyl halides is 3. The van der Waals surface area contributed by atoms with Gasteiger partial charge in [-0.15, -0.1) is 0 Å². The molecule has 2 rings (SSSR count). The summed E-state index contributed by atoms with van der Waals surface area (Å²) in [5, 5.41) is 7.12. The summed E-state index contributed by atoms with van der Waals surface area (Å²) < 4.78 is 44.9. The van der Waals surface area contributed by atoms with Crippen molar-refractivity contribution in [2.45, 2.75) is 19.1 Å². The van der Waals surface area contributed by atoms with Crippen LogP contribution in [0.1, 0.15) is 12.0 Å². The van der Waals surface area contributed by atoms with E-state index in [1.54, 1.807) is 10.9 Å². The number of aromatic nitrogens is 2. The highest BCUT2D eigenvalue weighted by Crippen LogP contribution is 2.32. The van der Waals surface area contributed by atoms with Crippen molar-refractivity contribution in [3.8, 4) is 11.5 Å². The molecule has 0 aliphatic rings. The van der Waals surface area contributed by atoms with Crippen LogP contribution in [0.3, 0.4) is 0 Å². The Morgan fingerprint density at radius 1 is 1.29 bits per heavy atom. The van der Waals surface area contributed by atoms with E-state index in [0.29, 0.717) is 12.3 Å². The number of benzene rings is 1. The Labute approximate surface area is 120 Å². The van der Waals surface area contributed by atoms with Gasteiger partial charge in [0.1, 0.15) is 5.75 Å². The van der Waals surface area contributed by atoms with Crippen LogP contribution in [0.25, 0.3) is 0 Å². The van der Waals surface area contributed by atoms with Gasteiger partial charge in [-0.1, -0.05) is 6.07 Å². The molecule has 114 valence electrons. The predicted molar refractivity (Wildman–Crippen MR) is 72.3 cm³/mol. The molecule has 0 spiro atoms. The molecule has 1 N–H and O–H groups in total. The second kappa shape index (κ2) is 6.62. The van der Waals surface area contributed by atoms with Crippen molar-refractivity contribution in [3.63, 3.8) is 0 Å². The van der Waals surface area contributed by atoms with Gasteiger partial charge in [0.05, 0.1) is 18.0 Å². The van der Waals surface area contributed by atoms with Crippen molar-refractivity contribution in [2.75, 3.05) is 13.6 Å². The maximum atomic E-state index is 12.6. The summed E-state index contributed by atoms with van der Waals surface area (Å²) in [7, 11) is 1.87. The summed E-state index contributed by atoms with van der Waals surface area (Å²) in [6, 6.07) is 4.77. The fourth-order valence-electron chi connectivity index (χ4n) is 1.81. The standard InChI is InChI=1S/C14H16F3N3O/c1-18-6-3-7-20-10-13(9-19-20)21-12-5-2-4-11(8-12)14(15,16)17/h2,4-5,8-10,18H,3,6-7H2,1H3. The van der Waals surface area contributed by atoms with Gasteiger partial charge < -0.3 is 10.1 Å². The number of nitrogens with zero attached hydrogens (tertiary/aromatic N) is 2. The SMILES string of the molecule is CNCCCn1cc(Oc2cccc(C(F)(F)F)c2)cn1. The molecule has 4 nitrogen and oxygen atoms in total. The zero-order valence-corrected chi connectivity index (χ0v) is 11.5. The van der Waals surface area contributed by atoms with Gasteiger partial charge in [-0.3, -0.25) is 4.68 Å². The monoisotopic (exact) mass is 299 g/mol. The van der Waals surface area contributed by atoms with E-state index in [0.717, 1.165) is 25.1 Å². The molecule has 0 aliphatic heterocycles. The number of hydrogen-bond donors (Lipinski definition) is 1. The number of aryl methyl sites for hydroxylation is 1. The molecular formula is C14H16F3N3O. The third kappa shape index (κ3) is 4.49. The van der Waals surface area contributed by atoms with Crippen LogP contribution in [-0.2, 0) is 12.7 Å². The fraction of sp³-hybridized carbons (Fsp3) is 0.357. The van der Waals surface area contributed by atoms with Crippen LogP contribution in [0.4, 0.5) is 13.2 Å². The third-order valence-corrected chi connectivity index (χ3v) is 2.82. The quantitative estimate of drug-likeness (QED) is 0.832. The van der Waals surface area contributed by atoms with E-state index in [9.17, 15) is 13.2 Å². The van der Waals surface area contributed by atoms with E-state index in [2.05, 4.69) is 10.4 Å². The van der Waals surface area contributed by atoms with Gasteiger partial charge in [0.2, 0.25) is 0 Å². The molecule has 0 unspecified atom stereocenters. The Balaban J connectivity index is 2.02. The summed E-state index contributed by atoms with van der Waals surface area (Å²) in [4.78, 5) is 0. The van der Waals surface area contributed by atoms with Gasteiger partial charge in [-0.05, 0) is 38.2 Å². The van der Waals surface area contributed by atoms with Crippen LogP contribution in [0.2, 0.25) is 0 Å². The van der Waals surface area contributed by atoms with E-state index < -0.39 is 11.7 Å². The van der Waals surface area contributed by atoms with E-state index >= 15 is 0 Å². The lowest BCUT2D eigenvalue weighted by Crippen LogP contribution is -2.11. The Kier molecular flexibility index (Phi) is 4.85. The van der Waals surface area contributed by atoms with Crippen molar-refractivity contribution in [2.24, 2.45) is 0 Å². The van der Waals surface area contributed by atoms with E-state index in [1.165, 1.54) is 18.3 Å². The summed E-state index contributed by atoms with van der Waals surface area (Å²) in [6.07, 6.45) is -0.326. The molecule has 1 aromatic carbocycles. The van der Waals surface area contributed by atoms with Crippen molar-refractivity contribution in [1.82, 2.24) is 15.1 Å². The number of rotatable bonds is 6. The molecule has 0 saturated carbocycles. The van der Waals surface area contributed by atoms with Gasteiger partial charge in [-0.25, -0.2) is 0 Å². The van der Waals surface area contributed by atoms with Gasteiger partial charge in [0.25, 0.3) is 0 Å². The first-order valence-corrected chi connectivity index (χ1v) is 6.51. The van der Waals surface area contributed by atoms with E-state index in [-0.39, 0.29) is 5.75 Å². The second-order valence-electron chi connectivity index (χ2n) is 4.52. The molecule has 0 bridgehead atoms. The molecule has 0 fully saturated rings. The lowest BCUT2D eigenvalue weighted by molar-refractivity contribution is -0.137. The van der Waals surface area contributed by atoms with Crippen molar-refractivity contribution >= 4 is 0 Å². The number of hydrogen-bond acceptors (Lipinski definition) is 3. The molecule has 1 aromatic heterocycles. The maximum Gasteiger partial charge on any atom is 0.416 e. The van der Waals surface area contributed by atoms with Crippen LogP contribution < -0.4 is 10.1 Å². The highest BCUT2D eigenvalue weighted by atomic mass is 19.4. The van der Waals surface area contributed by atoms with Crippen molar-refractivity contribution in [3.05, 3.63) is 42.2 Å². The average Bonchev–Trinajstić information content (AvgIpc) is 2.86. The second-order valence-corrected chi connectivity index (χ2v) is 4.52. The Hall–Kier alpha value is -2.02. The zero-order valence-electron chi connectivity index (χ0n) is 11.5. The maximum absolute atomic E-state index is 12.6. The topological polar surface area (TPSA) is 39.1 Å². The Morgan fingerprint density at radius 3 is 2.81 bits per heavy atom. The van der Waals surface area contributed by atoms with Gasteiger partial charge >= 0.3 is 6.18 Å². The molecule has 0 atom stereocenters. The predicted octanol–water partition coefficient (Wildman–Crippen LogP) is 3.30. The highest BCUT2D eigenvalue weighted by molar-refractivity contribution is 5.33. The number of nitrogens with one attached hydrogen (secondary N) is 1. The minimum atomic E-state index is -4.38. The van der Waals surface area contributed by atoms with Crippen LogP contribution in [0.5, 0.6) is 11.5 Å². The molecule has 0 radical (unpaired) electrons. The van der Waals surface area contributed by atoms with Crippen LogP contribution in [0, 0.1) is 0 Å². The lowest BCUT2D eigenvalue weighted by atomic mass is 10.2. The molecule has 0 aliphatic carbocycles. The van der Waals surface area contributed by atoms with Gasteiger partial charge in [0.15, 0.2) is 5.75 Å². The molecule has 2 aromatic rings. The van der Waals surface area contributed by atoms with E-state index in [1.807, 2.05) is 7.05 Å². The summed E-state index contributed by atoms with van der Waals surface area (Å²) in [5.41, 5.74) is -0.735. The van der Waals surface area contributed by atoms with Gasteiger partial charge in [-0.2, -0.15) is 18.3 Å². The lowest BCUT2D eigenvalue weighted by Gasteiger charge is -2.08. The largest absolute Gasteiger partial charge is 0.454 e. The summed E-state index contributed by atoms with van der Waals surface area (Å²) in [6.45, 7) is 1.58. The fourth-order valence-corrected chi connectivity index (χ4v) is 1.81. The highest BCUT2D eigenvalue weighted by Gasteiger charge is 2.30.